The number of pyridine rings is 1. The van der Waals surface area contributed by atoms with E-state index in [2.05, 4.69) is 77.0 Å². The van der Waals surface area contributed by atoms with Gasteiger partial charge in [0, 0.05) is 36.4 Å². The van der Waals surface area contributed by atoms with E-state index in [-0.39, 0.29) is 0 Å². The fourth-order valence-corrected chi connectivity index (χ4v) is 3.94. The molecule has 0 aliphatic carbocycles. The molecular formula is C20H20N4S. The Labute approximate surface area is 151 Å². The summed E-state index contributed by atoms with van der Waals surface area (Å²) in [5, 5.41) is 4.31. The number of fused-ring (bicyclic) bond motifs is 1. The number of aryl methyl sites for hydroxylation is 1. The van der Waals surface area contributed by atoms with Crippen molar-refractivity contribution in [2.24, 2.45) is 0 Å². The summed E-state index contributed by atoms with van der Waals surface area (Å²) < 4.78 is 2.09. The lowest BCUT2D eigenvalue weighted by Crippen LogP contribution is -2.08. The molecule has 4 nitrogen and oxygen atoms in total. The predicted molar refractivity (Wildman–Crippen MR) is 105 cm³/mol. The number of thiazole rings is 1. The van der Waals surface area contributed by atoms with Crippen LogP contribution >= 0.6 is 11.3 Å². The Bertz CT molecular complexity index is 1030. The number of anilines is 1. The molecule has 0 aliphatic rings. The van der Waals surface area contributed by atoms with E-state index in [4.69, 9.17) is 0 Å². The maximum Gasteiger partial charge on any atom is 0.183 e. The van der Waals surface area contributed by atoms with Crippen LogP contribution in [0.25, 0.3) is 27.2 Å². The van der Waals surface area contributed by atoms with Crippen LogP contribution in [0, 0.1) is 6.92 Å². The van der Waals surface area contributed by atoms with Crippen molar-refractivity contribution in [2.75, 3.05) is 5.32 Å². The maximum absolute atomic E-state index is 4.54. The molecule has 0 unspecified atom stereocenters. The molecule has 126 valence electrons. The Morgan fingerprint density at radius 3 is 2.76 bits per heavy atom. The van der Waals surface area contributed by atoms with Crippen molar-refractivity contribution in [1.29, 1.82) is 0 Å². The Kier molecular flexibility index (Phi) is 4.01. The average Bonchev–Trinajstić information content (AvgIpc) is 3.23. The minimum atomic E-state index is 0.365. The van der Waals surface area contributed by atoms with Gasteiger partial charge in [-0.15, -0.1) is 0 Å². The molecule has 0 spiro atoms. The molecular weight excluding hydrogens is 328 g/mol. The van der Waals surface area contributed by atoms with E-state index in [9.17, 15) is 0 Å². The zero-order chi connectivity index (χ0) is 17.4. The van der Waals surface area contributed by atoms with Crippen molar-refractivity contribution < 1.29 is 0 Å². The first-order valence-electron chi connectivity index (χ1n) is 8.37. The standard InChI is InChI=1S/C20H20N4S/c1-13(2)23-20-22-11-18(25-20)17-10-15(12-24-9-8-21-19(17)24)16-7-5-4-6-14(16)3/h4-13H,1-3H3,(H,22,23). The Morgan fingerprint density at radius 2 is 1.96 bits per heavy atom. The van der Waals surface area contributed by atoms with Crippen molar-refractivity contribution in [3.05, 3.63) is 60.7 Å². The van der Waals surface area contributed by atoms with E-state index in [0.717, 1.165) is 21.2 Å². The van der Waals surface area contributed by atoms with Crippen molar-refractivity contribution in [3.8, 4) is 21.6 Å². The van der Waals surface area contributed by atoms with E-state index in [0.29, 0.717) is 6.04 Å². The molecule has 1 N–H and O–H groups in total. The van der Waals surface area contributed by atoms with Crippen molar-refractivity contribution in [1.82, 2.24) is 14.4 Å². The average molecular weight is 348 g/mol. The van der Waals surface area contributed by atoms with E-state index < -0.39 is 0 Å². The number of imidazole rings is 1. The normalized spacial score (nSPS) is 11.4. The largest absolute Gasteiger partial charge is 0.359 e. The third-order valence-corrected chi connectivity index (χ3v) is 5.09. The zero-order valence-corrected chi connectivity index (χ0v) is 15.3. The molecule has 0 aliphatic heterocycles. The molecule has 0 saturated heterocycles. The first kappa shape index (κ1) is 15.8. The Balaban J connectivity index is 1.87. The summed E-state index contributed by atoms with van der Waals surface area (Å²) in [5.41, 5.74) is 5.76. The van der Waals surface area contributed by atoms with Crippen molar-refractivity contribution >= 4 is 22.1 Å². The number of nitrogens with one attached hydrogen (secondary N) is 1. The highest BCUT2D eigenvalue weighted by Gasteiger charge is 2.13. The van der Waals surface area contributed by atoms with Gasteiger partial charge in [-0.1, -0.05) is 35.6 Å². The topological polar surface area (TPSA) is 42.2 Å². The molecule has 0 bridgehead atoms. The second kappa shape index (κ2) is 6.33. The summed E-state index contributed by atoms with van der Waals surface area (Å²) >= 11 is 1.67. The molecule has 25 heavy (non-hydrogen) atoms. The predicted octanol–water partition coefficient (Wildman–Crippen LogP) is 5.25. The summed E-state index contributed by atoms with van der Waals surface area (Å²) in [5.74, 6) is 0. The van der Waals surface area contributed by atoms with Gasteiger partial charge in [-0.2, -0.15) is 0 Å². The zero-order valence-electron chi connectivity index (χ0n) is 14.5. The van der Waals surface area contributed by atoms with Gasteiger partial charge in [-0.25, -0.2) is 9.97 Å². The molecule has 4 aromatic rings. The second-order valence-electron chi connectivity index (χ2n) is 6.44. The first-order valence-corrected chi connectivity index (χ1v) is 9.19. The fourth-order valence-electron chi connectivity index (χ4n) is 2.97. The van der Waals surface area contributed by atoms with Gasteiger partial charge in [0.2, 0.25) is 0 Å². The minimum Gasteiger partial charge on any atom is -0.359 e. The van der Waals surface area contributed by atoms with E-state index in [1.165, 1.54) is 16.7 Å². The Hall–Kier alpha value is -2.66. The van der Waals surface area contributed by atoms with Gasteiger partial charge >= 0.3 is 0 Å². The molecule has 1 aromatic carbocycles. The van der Waals surface area contributed by atoms with Gasteiger partial charge in [-0.3, -0.25) is 0 Å². The molecule has 4 rings (SSSR count). The number of hydrogen-bond donors (Lipinski definition) is 1. The molecule has 0 amide bonds. The highest BCUT2D eigenvalue weighted by atomic mass is 32.1. The van der Waals surface area contributed by atoms with Crippen LogP contribution in [-0.4, -0.2) is 20.4 Å². The Morgan fingerprint density at radius 1 is 1.12 bits per heavy atom. The van der Waals surface area contributed by atoms with Gasteiger partial charge in [-0.05, 0) is 43.5 Å². The lowest BCUT2D eigenvalue weighted by Gasteiger charge is -2.10. The highest BCUT2D eigenvalue weighted by molar-refractivity contribution is 7.19. The summed E-state index contributed by atoms with van der Waals surface area (Å²) in [7, 11) is 0. The number of hydrogen-bond acceptors (Lipinski definition) is 4. The quantitative estimate of drug-likeness (QED) is 0.547. The summed E-state index contributed by atoms with van der Waals surface area (Å²) in [6, 6.07) is 11.0. The minimum absolute atomic E-state index is 0.365. The molecule has 5 heteroatoms. The molecule has 0 radical (unpaired) electrons. The number of benzene rings is 1. The van der Waals surface area contributed by atoms with Gasteiger partial charge in [0.15, 0.2) is 5.13 Å². The summed E-state index contributed by atoms with van der Waals surface area (Å²) in [4.78, 5) is 10.2. The van der Waals surface area contributed by atoms with E-state index >= 15 is 0 Å². The first-order chi connectivity index (χ1) is 12.1. The highest BCUT2D eigenvalue weighted by Crippen LogP contribution is 2.35. The third kappa shape index (κ3) is 3.03. The SMILES string of the molecule is Cc1ccccc1-c1cc(-c2cnc(NC(C)C)s2)c2nccn2c1. The van der Waals surface area contributed by atoms with Crippen LogP contribution < -0.4 is 5.32 Å². The third-order valence-electron chi connectivity index (χ3n) is 4.13. The summed E-state index contributed by atoms with van der Waals surface area (Å²) in [6.07, 6.45) is 7.91. The van der Waals surface area contributed by atoms with Crippen molar-refractivity contribution in [3.63, 3.8) is 0 Å². The van der Waals surface area contributed by atoms with Crippen LogP contribution in [0.2, 0.25) is 0 Å². The van der Waals surface area contributed by atoms with Crippen LogP contribution in [0.5, 0.6) is 0 Å². The van der Waals surface area contributed by atoms with Gasteiger partial charge in [0.25, 0.3) is 0 Å². The lowest BCUT2D eigenvalue weighted by atomic mass is 10.0. The molecule has 0 atom stereocenters. The van der Waals surface area contributed by atoms with E-state index in [1.54, 1.807) is 11.3 Å². The van der Waals surface area contributed by atoms with Crippen LogP contribution in [0.1, 0.15) is 19.4 Å². The molecule has 0 saturated carbocycles. The fraction of sp³-hybridized carbons (Fsp3) is 0.200. The van der Waals surface area contributed by atoms with Crippen molar-refractivity contribution in [2.45, 2.75) is 26.8 Å². The lowest BCUT2D eigenvalue weighted by molar-refractivity contribution is 0.896. The smallest absolute Gasteiger partial charge is 0.183 e. The molecule has 3 heterocycles. The van der Waals surface area contributed by atoms with Gasteiger partial charge in [0.05, 0.1) is 4.88 Å². The van der Waals surface area contributed by atoms with Gasteiger partial charge in [0.1, 0.15) is 5.65 Å². The van der Waals surface area contributed by atoms with E-state index in [1.807, 2.05) is 18.6 Å². The second-order valence-corrected chi connectivity index (χ2v) is 7.47. The number of rotatable bonds is 4. The van der Waals surface area contributed by atoms with Crippen LogP contribution in [0.3, 0.4) is 0 Å². The van der Waals surface area contributed by atoms with Crippen LogP contribution in [0.4, 0.5) is 5.13 Å². The molecule has 3 aromatic heterocycles. The number of aromatic nitrogens is 3. The number of nitrogens with zero attached hydrogens (tertiary/aromatic N) is 3. The van der Waals surface area contributed by atoms with Gasteiger partial charge < -0.3 is 9.72 Å². The molecule has 0 fully saturated rings. The van der Waals surface area contributed by atoms with Crippen LogP contribution in [0.15, 0.2) is 55.1 Å². The summed E-state index contributed by atoms with van der Waals surface area (Å²) in [6.45, 7) is 6.38. The van der Waals surface area contributed by atoms with Crippen LogP contribution in [-0.2, 0) is 0 Å². The monoisotopic (exact) mass is 348 g/mol. The maximum atomic E-state index is 4.54.